The molecule has 0 bridgehead atoms. The summed E-state index contributed by atoms with van der Waals surface area (Å²) in [4.78, 5) is 4.39. The number of rotatable bonds is 6. The third kappa shape index (κ3) is 3.51. The third-order valence-corrected chi connectivity index (χ3v) is 3.97. The molecule has 1 aliphatic carbocycles. The van der Waals surface area contributed by atoms with E-state index in [1.54, 1.807) is 12.3 Å². The summed E-state index contributed by atoms with van der Waals surface area (Å²) in [6.45, 7) is 1.94. The van der Waals surface area contributed by atoms with Crippen molar-refractivity contribution in [3.8, 4) is 5.75 Å². The van der Waals surface area contributed by atoms with Crippen molar-refractivity contribution < 1.29 is 9.84 Å². The van der Waals surface area contributed by atoms with Gasteiger partial charge >= 0.3 is 0 Å². The van der Waals surface area contributed by atoms with Crippen molar-refractivity contribution >= 4 is 17.2 Å². The van der Waals surface area contributed by atoms with Gasteiger partial charge in [0, 0.05) is 30.4 Å². The smallest absolute Gasteiger partial charge is 0.143 e. The predicted molar refractivity (Wildman–Crippen MR) is 90.7 cm³/mol. The first-order chi connectivity index (χ1) is 11.2. The van der Waals surface area contributed by atoms with Gasteiger partial charge in [-0.2, -0.15) is 0 Å². The van der Waals surface area contributed by atoms with Crippen molar-refractivity contribution in [2.45, 2.75) is 38.4 Å². The predicted octanol–water partition coefficient (Wildman–Crippen LogP) is 3.51. The molecule has 1 aliphatic rings. The molecule has 0 amide bonds. The van der Waals surface area contributed by atoms with E-state index >= 15 is 0 Å². The van der Waals surface area contributed by atoms with Gasteiger partial charge in [-0.05, 0) is 24.6 Å². The molecule has 0 aliphatic heterocycles. The molecule has 23 heavy (non-hydrogen) atoms. The number of aliphatic hydroxyl groups excluding tert-OH is 1. The molecular formula is C18H21N3O2. The second-order valence-electron chi connectivity index (χ2n) is 5.72. The topological polar surface area (TPSA) is 78.2 Å². The van der Waals surface area contributed by atoms with Crippen LogP contribution in [0.2, 0.25) is 0 Å². The molecule has 0 unspecified atom stereocenters. The first-order valence-corrected chi connectivity index (χ1v) is 7.91. The van der Waals surface area contributed by atoms with E-state index in [4.69, 9.17) is 10.1 Å². The standard InChI is InChI=1S/C18H21N3O2/c1-2-15(19)17-16(23-14-10-13(22)11-14)8-9-20-18(17)21-12-6-4-3-5-7-12/h3-9,13-14,19,22H,2,10-11H2,1H3,(H,20,21). The molecule has 0 saturated heterocycles. The molecule has 1 aromatic heterocycles. The number of benzene rings is 1. The van der Waals surface area contributed by atoms with E-state index in [0.29, 0.717) is 42.1 Å². The summed E-state index contributed by atoms with van der Waals surface area (Å²) in [6, 6.07) is 11.6. The normalized spacial score (nSPS) is 19.7. The number of hydrogen-bond donors (Lipinski definition) is 3. The maximum absolute atomic E-state index is 9.42. The van der Waals surface area contributed by atoms with E-state index in [9.17, 15) is 5.11 Å². The molecule has 0 spiro atoms. The molecule has 1 heterocycles. The Balaban J connectivity index is 1.90. The Morgan fingerprint density at radius 2 is 2.04 bits per heavy atom. The SMILES string of the molecule is CCC(=N)c1c(OC2CC(O)C2)ccnc1Nc1ccccc1. The summed E-state index contributed by atoms with van der Waals surface area (Å²) < 4.78 is 5.97. The van der Waals surface area contributed by atoms with E-state index in [2.05, 4.69) is 10.3 Å². The molecule has 0 atom stereocenters. The summed E-state index contributed by atoms with van der Waals surface area (Å²) in [5.41, 5.74) is 2.09. The number of pyridine rings is 1. The number of aromatic nitrogens is 1. The molecule has 120 valence electrons. The van der Waals surface area contributed by atoms with Gasteiger partial charge in [0.25, 0.3) is 0 Å². The third-order valence-electron chi connectivity index (χ3n) is 3.97. The second kappa shape index (κ2) is 6.79. The van der Waals surface area contributed by atoms with Crippen molar-refractivity contribution in [1.82, 2.24) is 4.98 Å². The monoisotopic (exact) mass is 311 g/mol. The minimum absolute atomic E-state index is 0.0142. The fourth-order valence-corrected chi connectivity index (χ4v) is 2.58. The Morgan fingerprint density at radius 1 is 1.30 bits per heavy atom. The zero-order valence-corrected chi connectivity index (χ0v) is 13.1. The summed E-state index contributed by atoms with van der Waals surface area (Å²) in [5.74, 6) is 1.28. The number of anilines is 2. The average Bonchev–Trinajstić information content (AvgIpc) is 2.54. The van der Waals surface area contributed by atoms with Crippen LogP contribution in [0, 0.1) is 5.41 Å². The quantitative estimate of drug-likeness (QED) is 0.713. The minimum Gasteiger partial charge on any atom is -0.489 e. The maximum Gasteiger partial charge on any atom is 0.143 e. The highest BCUT2D eigenvalue weighted by Crippen LogP contribution is 2.32. The molecule has 3 N–H and O–H groups in total. The van der Waals surface area contributed by atoms with Crippen molar-refractivity contribution in [3.05, 3.63) is 48.2 Å². The van der Waals surface area contributed by atoms with Gasteiger partial charge in [-0.15, -0.1) is 0 Å². The fraction of sp³-hybridized carbons (Fsp3) is 0.333. The highest BCUT2D eigenvalue weighted by Gasteiger charge is 2.30. The molecule has 5 heteroatoms. The Hall–Kier alpha value is -2.40. The fourth-order valence-electron chi connectivity index (χ4n) is 2.58. The van der Waals surface area contributed by atoms with Crippen molar-refractivity contribution in [1.29, 1.82) is 5.41 Å². The highest BCUT2D eigenvalue weighted by atomic mass is 16.5. The van der Waals surface area contributed by atoms with E-state index in [1.165, 1.54) is 0 Å². The van der Waals surface area contributed by atoms with E-state index in [1.807, 2.05) is 37.3 Å². The molecule has 1 aromatic carbocycles. The lowest BCUT2D eigenvalue weighted by Gasteiger charge is -2.32. The van der Waals surface area contributed by atoms with Crippen LogP contribution in [0.15, 0.2) is 42.6 Å². The highest BCUT2D eigenvalue weighted by molar-refractivity contribution is 6.05. The van der Waals surface area contributed by atoms with Crippen LogP contribution in [0.3, 0.4) is 0 Å². The Bertz CT molecular complexity index is 682. The van der Waals surface area contributed by atoms with Crippen molar-refractivity contribution in [3.63, 3.8) is 0 Å². The van der Waals surface area contributed by atoms with Gasteiger partial charge in [0.1, 0.15) is 17.7 Å². The number of ether oxygens (including phenoxy) is 1. The maximum atomic E-state index is 9.42. The van der Waals surface area contributed by atoms with Crippen molar-refractivity contribution in [2.24, 2.45) is 0 Å². The molecule has 2 aromatic rings. The molecule has 1 saturated carbocycles. The second-order valence-corrected chi connectivity index (χ2v) is 5.72. The average molecular weight is 311 g/mol. The molecule has 3 rings (SSSR count). The first kappa shape index (κ1) is 15.5. The lowest BCUT2D eigenvalue weighted by Crippen LogP contribution is -2.37. The van der Waals surface area contributed by atoms with E-state index < -0.39 is 0 Å². The van der Waals surface area contributed by atoms with Gasteiger partial charge in [0.05, 0.1) is 11.7 Å². The first-order valence-electron chi connectivity index (χ1n) is 7.91. The van der Waals surface area contributed by atoms with Gasteiger partial charge in [-0.3, -0.25) is 0 Å². The summed E-state index contributed by atoms with van der Waals surface area (Å²) >= 11 is 0. The summed E-state index contributed by atoms with van der Waals surface area (Å²) in [7, 11) is 0. The number of aliphatic hydroxyl groups is 1. The molecule has 5 nitrogen and oxygen atoms in total. The number of nitrogens with zero attached hydrogens (tertiary/aromatic N) is 1. The Kier molecular flexibility index (Phi) is 4.57. The summed E-state index contributed by atoms with van der Waals surface area (Å²) in [5, 5.41) is 21.0. The molecule has 0 radical (unpaired) electrons. The van der Waals surface area contributed by atoms with Gasteiger partial charge in [0.2, 0.25) is 0 Å². The van der Waals surface area contributed by atoms with Crippen LogP contribution in [0.25, 0.3) is 0 Å². The van der Waals surface area contributed by atoms with Crippen LogP contribution in [0.1, 0.15) is 31.7 Å². The zero-order chi connectivity index (χ0) is 16.2. The molecule has 1 fully saturated rings. The van der Waals surface area contributed by atoms with Crippen LogP contribution < -0.4 is 10.1 Å². The lowest BCUT2D eigenvalue weighted by molar-refractivity contribution is -0.0108. The lowest BCUT2D eigenvalue weighted by atomic mass is 9.92. The summed E-state index contributed by atoms with van der Waals surface area (Å²) in [6.07, 6.45) is 3.31. The van der Waals surface area contributed by atoms with Crippen LogP contribution in [0.5, 0.6) is 5.75 Å². The Labute approximate surface area is 135 Å². The van der Waals surface area contributed by atoms with Crippen LogP contribution in [-0.4, -0.2) is 28.0 Å². The van der Waals surface area contributed by atoms with Gasteiger partial charge in [-0.25, -0.2) is 4.98 Å². The number of hydrogen-bond acceptors (Lipinski definition) is 5. The number of nitrogens with one attached hydrogen (secondary N) is 2. The van der Waals surface area contributed by atoms with Crippen LogP contribution in [0.4, 0.5) is 11.5 Å². The zero-order valence-electron chi connectivity index (χ0n) is 13.1. The van der Waals surface area contributed by atoms with Crippen molar-refractivity contribution in [2.75, 3.05) is 5.32 Å². The van der Waals surface area contributed by atoms with E-state index in [-0.39, 0.29) is 12.2 Å². The van der Waals surface area contributed by atoms with Gasteiger partial charge in [0.15, 0.2) is 0 Å². The largest absolute Gasteiger partial charge is 0.489 e. The van der Waals surface area contributed by atoms with Crippen LogP contribution in [-0.2, 0) is 0 Å². The van der Waals surface area contributed by atoms with E-state index in [0.717, 1.165) is 5.69 Å². The Morgan fingerprint density at radius 3 is 2.70 bits per heavy atom. The van der Waals surface area contributed by atoms with Gasteiger partial charge in [-0.1, -0.05) is 25.1 Å². The van der Waals surface area contributed by atoms with Gasteiger partial charge < -0.3 is 20.6 Å². The van der Waals surface area contributed by atoms with Crippen LogP contribution >= 0.6 is 0 Å². The minimum atomic E-state index is -0.266. The number of para-hydroxylation sites is 1. The molecular weight excluding hydrogens is 290 g/mol.